The van der Waals surface area contributed by atoms with Crippen LogP contribution in [-0.4, -0.2) is 32.7 Å². The van der Waals surface area contributed by atoms with Crippen molar-refractivity contribution in [3.63, 3.8) is 0 Å². The average molecular weight is 389 g/mol. The number of benzene rings is 2. The van der Waals surface area contributed by atoms with Crippen molar-refractivity contribution in [3.05, 3.63) is 65.2 Å². The van der Waals surface area contributed by atoms with E-state index in [0.717, 1.165) is 9.87 Å². The van der Waals surface area contributed by atoms with Crippen molar-refractivity contribution in [2.24, 2.45) is 0 Å². The Morgan fingerprint density at radius 2 is 1.63 bits per heavy atom. The molecular formula is C21H28N2O3S. The first kappa shape index (κ1) is 21.1. The Kier molecular flexibility index (Phi) is 6.12. The van der Waals surface area contributed by atoms with Crippen molar-refractivity contribution in [3.8, 4) is 0 Å². The van der Waals surface area contributed by atoms with Gasteiger partial charge in [0.2, 0.25) is 10.0 Å². The lowest BCUT2D eigenvalue weighted by Gasteiger charge is -2.21. The summed E-state index contributed by atoms with van der Waals surface area (Å²) in [5.74, 6) is -0.307. The first-order chi connectivity index (χ1) is 12.4. The third-order valence-corrected chi connectivity index (χ3v) is 6.31. The number of amides is 1. The zero-order chi connectivity index (χ0) is 20.4. The van der Waals surface area contributed by atoms with Crippen LogP contribution >= 0.6 is 0 Å². The molecule has 1 amide bonds. The topological polar surface area (TPSA) is 66.5 Å². The minimum atomic E-state index is -3.58. The minimum Gasteiger partial charge on any atom is -0.346 e. The zero-order valence-corrected chi connectivity index (χ0v) is 17.6. The lowest BCUT2D eigenvalue weighted by molar-refractivity contribution is 0.0939. The highest BCUT2D eigenvalue weighted by Gasteiger charge is 2.20. The number of carbonyl (C=O) groups excluding carboxylic acids is 1. The quantitative estimate of drug-likeness (QED) is 0.849. The maximum atomic E-state index is 12.6. The molecule has 0 bridgehead atoms. The van der Waals surface area contributed by atoms with Crippen molar-refractivity contribution in [1.82, 2.24) is 9.62 Å². The van der Waals surface area contributed by atoms with Gasteiger partial charge in [0.25, 0.3) is 5.91 Å². The highest BCUT2D eigenvalue weighted by Crippen LogP contribution is 2.24. The molecule has 2 rings (SSSR count). The SMILES string of the molecule is C[C@H](NC(=O)c1cccc(S(=O)(=O)N(C)C)c1)c1ccc(C(C)(C)C)cc1. The van der Waals surface area contributed by atoms with E-state index in [9.17, 15) is 13.2 Å². The summed E-state index contributed by atoms with van der Waals surface area (Å²) in [6.07, 6.45) is 0. The van der Waals surface area contributed by atoms with Gasteiger partial charge < -0.3 is 5.32 Å². The van der Waals surface area contributed by atoms with Gasteiger partial charge in [-0.05, 0) is 41.7 Å². The van der Waals surface area contributed by atoms with Gasteiger partial charge in [-0.1, -0.05) is 51.1 Å². The number of rotatable bonds is 5. The molecule has 0 aliphatic rings. The summed E-state index contributed by atoms with van der Waals surface area (Å²) in [5.41, 5.74) is 2.61. The van der Waals surface area contributed by atoms with Crippen LogP contribution in [-0.2, 0) is 15.4 Å². The third kappa shape index (κ3) is 4.96. The molecule has 0 aromatic heterocycles. The second kappa shape index (κ2) is 7.82. The Morgan fingerprint density at radius 3 is 2.15 bits per heavy atom. The average Bonchev–Trinajstić information content (AvgIpc) is 2.61. The second-order valence-electron chi connectivity index (χ2n) is 7.88. The van der Waals surface area contributed by atoms with Crippen molar-refractivity contribution < 1.29 is 13.2 Å². The fraction of sp³-hybridized carbons (Fsp3) is 0.381. The fourth-order valence-electron chi connectivity index (χ4n) is 2.64. The van der Waals surface area contributed by atoms with Crippen LogP contribution in [0, 0.1) is 0 Å². The molecule has 2 aromatic rings. The molecule has 0 aliphatic carbocycles. The molecule has 1 atom stereocenters. The molecule has 0 saturated carbocycles. The second-order valence-corrected chi connectivity index (χ2v) is 10.0. The van der Waals surface area contributed by atoms with Crippen LogP contribution in [0.25, 0.3) is 0 Å². The highest BCUT2D eigenvalue weighted by atomic mass is 32.2. The smallest absolute Gasteiger partial charge is 0.251 e. The normalized spacial score (nSPS) is 13.4. The monoisotopic (exact) mass is 388 g/mol. The van der Waals surface area contributed by atoms with Crippen molar-refractivity contribution in [2.75, 3.05) is 14.1 Å². The number of hydrogen-bond acceptors (Lipinski definition) is 3. The lowest BCUT2D eigenvalue weighted by Crippen LogP contribution is -2.27. The largest absolute Gasteiger partial charge is 0.346 e. The van der Waals surface area contributed by atoms with Gasteiger partial charge >= 0.3 is 0 Å². The van der Waals surface area contributed by atoms with E-state index >= 15 is 0 Å². The fourth-order valence-corrected chi connectivity index (χ4v) is 3.59. The Bertz CT molecular complexity index is 911. The van der Waals surface area contributed by atoms with E-state index in [4.69, 9.17) is 0 Å². The van der Waals surface area contributed by atoms with Gasteiger partial charge in [-0.2, -0.15) is 0 Å². The molecule has 0 radical (unpaired) electrons. The molecule has 6 heteroatoms. The molecule has 5 nitrogen and oxygen atoms in total. The van der Waals surface area contributed by atoms with Crippen LogP contribution in [0.4, 0.5) is 0 Å². The molecule has 0 aliphatic heterocycles. The molecule has 2 aromatic carbocycles. The Balaban J connectivity index is 2.18. The number of nitrogens with zero attached hydrogens (tertiary/aromatic N) is 1. The van der Waals surface area contributed by atoms with E-state index in [-0.39, 0.29) is 22.3 Å². The highest BCUT2D eigenvalue weighted by molar-refractivity contribution is 7.89. The molecule has 146 valence electrons. The van der Waals surface area contributed by atoms with E-state index < -0.39 is 10.0 Å². The Hall–Kier alpha value is -2.18. The van der Waals surface area contributed by atoms with Gasteiger partial charge in [-0.3, -0.25) is 4.79 Å². The predicted octanol–water partition coefficient (Wildman–Crippen LogP) is 3.73. The van der Waals surface area contributed by atoms with Gasteiger partial charge in [0.05, 0.1) is 10.9 Å². The predicted molar refractivity (Wildman–Crippen MR) is 108 cm³/mol. The molecule has 0 spiro atoms. The van der Waals surface area contributed by atoms with Crippen LogP contribution < -0.4 is 5.32 Å². The van der Waals surface area contributed by atoms with Gasteiger partial charge in [0, 0.05) is 19.7 Å². The zero-order valence-electron chi connectivity index (χ0n) is 16.8. The molecule has 0 unspecified atom stereocenters. The van der Waals surface area contributed by atoms with E-state index in [1.165, 1.54) is 31.8 Å². The third-order valence-electron chi connectivity index (χ3n) is 4.50. The van der Waals surface area contributed by atoms with E-state index in [1.807, 2.05) is 19.1 Å². The van der Waals surface area contributed by atoms with Crippen molar-refractivity contribution in [2.45, 2.75) is 44.0 Å². The van der Waals surface area contributed by atoms with E-state index in [2.05, 4.69) is 38.2 Å². The summed E-state index contributed by atoms with van der Waals surface area (Å²) >= 11 is 0. The minimum absolute atomic E-state index is 0.0728. The van der Waals surface area contributed by atoms with E-state index in [1.54, 1.807) is 12.1 Å². The van der Waals surface area contributed by atoms with Crippen LogP contribution in [0.3, 0.4) is 0 Å². The summed E-state index contributed by atoms with van der Waals surface area (Å²) < 4.78 is 25.6. The standard InChI is InChI=1S/C21H28N2O3S/c1-15(16-10-12-18(13-11-16)21(2,3)4)22-20(24)17-8-7-9-19(14-17)27(25,26)23(5)6/h7-15H,1-6H3,(H,22,24)/t15-/m0/s1. The van der Waals surface area contributed by atoms with Crippen molar-refractivity contribution in [1.29, 1.82) is 0 Å². The van der Waals surface area contributed by atoms with Crippen LogP contribution in [0.2, 0.25) is 0 Å². The first-order valence-corrected chi connectivity index (χ1v) is 10.3. The Labute approximate surface area is 162 Å². The van der Waals surface area contributed by atoms with Gasteiger partial charge in [-0.15, -0.1) is 0 Å². The van der Waals surface area contributed by atoms with Gasteiger partial charge in [0.1, 0.15) is 0 Å². The number of nitrogens with one attached hydrogen (secondary N) is 1. The van der Waals surface area contributed by atoms with Crippen LogP contribution in [0.5, 0.6) is 0 Å². The molecule has 27 heavy (non-hydrogen) atoms. The van der Waals surface area contributed by atoms with Crippen molar-refractivity contribution >= 4 is 15.9 Å². The number of sulfonamides is 1. The molecule has 0 saturated heterocycles. The van der Waals surface area contributed by atoms with E-state index in [0.29, 0.717) is 5.56 Å². The molecule has 0 fully saturated rings. The number of hydrogen-bond donors (Lipinski definition) is 1. The summed E-state index contributed by atoms with van der Waals surface area (Å²) in [6.45, 7) is 8.37. The maximum absolute atomic E-state index is 12.6. The summed E-state index contributed by atoms with van der Waals surface area (Å²) in [6, 6.07) is 14.1. The molecule has 0 heterocycles. The Morgan fingerprint density at radius 1 is 1.04 bits per heavy atom. The maximum Gasteiger partial charge on any atom is 0.251 e. The molecule has 1 N–H and O–H groups in total. The van der Waals surface area contributed by atoms with Gasteiger partial charge in [-0.25, -0.2) is 12.7 Å². The number of carbonyl (C=O) groups is 1. The van der Waals surface area contributed by atoms with Gasteiger partial charge in [0.15, 0.2) is 0 Å². The summed E-state index contributed by atoms with van der Waals surface area (Å²) in [4.78, 5) is 12.7. The lowest BCUT2D eigenvalue weighted by atomic mass is 9.86. The molecular weight excluding hydrogens is 360 g/mol. The summed E-state index contributed by atoms with van der Waals surface area (Å²) in [7, 11) is -0.652. The first-order valence-electron chi connectivity index (χ1n) is 8.87. The van der Waals surface area contributed by atoms with Crippen LogP contribution in [0.1, 0.15) is 55.2 Å². The van der Waals surface area contributed by atoms with Crippen LogP contribution in [0.15, 0.2) is 53.4 Å². The summed E-state index contributed by atoms with van der Waals surface area (Å²) in [5, 5.41) is 2.93.